The molecular formula is C11H18O2. The molecule has 2 N–H and O–H groups in total. The van der Waals surface area contributed by atoms with E-state index < -0.39 is 5.60 Å². The molecule has 1 unspecified atom stereocenters. The van der Waals surface area contributed by atoms with Crippen molar-refractivity contribution in [3.8, 4) is 0 Å². The van der Waals surface area contributed by atoms with Gasteiger partial charge < -0.3 is 10.2 Å². The summed E-state index contributed by atoms with van der Waals surface area (Å²) in [7, 11) is 0. The van der Waals surface area contributed by atoms with Gasteiger partial charge in [0.05, 0.1) is 5.60 Å². The van der Waals surface area contributed by atoms with Crippen molar-refractivity contribution < 1.29 is 10.2 Å². The van der Waals surface area contributed by atoms with Crippen LogP contribution in [0.4, 0.5) is 0 Å². The molecule has 0 aromatic rings. The zero-order valence-electron chi connectivity index (χ0n) is 8.76. The average molecular weight is 182 g/mol. The summed E-state index contributed by atoms with van der Waals surface area (Å²) in [6.45, 7) is 7.94. The minimum atomic E-state index is -0.901. The van der Waals surface area contributed by atoms with Gasteiger partial charge in [-0.25, -0.2) is 0 Å². The topological polar surface area (TPSA) is 40.5 Å². The van der Waals surface area contributed by atoms with Crippen molar-refractivity contribution in [2.75, 3.05) is 0 Å². The highest BCUT2D eigenvalue weighted by Gasteiger charge is 2.29. The summed E-state index contributed by atoms with van der Waals surface area (Å²) in [5.41, 5.74) is 0.186. The third kappa shape index (κ3) is 2.59. The average Bonchev–Trinajstić information content (AvgIpc) is 1.79. The maximum absolute atomic E-state index is 9.80. The van der Waals surface area contributed by atoms with Crippen molar-refractivity contribution >= 4 is 0 Å². The summed E-state index contributed by atoms with van der Waals surface area (Å²) in [6, 6.07) is 0. The first-order valence-electron chi connectivity index (χ1n) is 4.56. The van der Waals surface area contributed by atoms with Crippen molar-refractivity contribution in [2.45, 2.75) is 39.7 Å². The maximum atomic E-state index is 9.80. The molecule has 0 amide bonds. The van der Waals surface area contributed by atoms with Crippen LogP contribution in [-0.4, -0.2) is 15.8 Å². The number of aliphatic hydroxyl groups is 2. The molecule has 2 heteroatoms. The van der Waals surface area contributed by atoms with E-state index in [0.717, 1.165) is 5.57 Å². The van der Waals surface area contributed by atoms with Gasteiger partial charge in [-0.2, -0.15) is 0 Å². The van der Waals surface area contributed by atoms with E-state index in [1.54, 1.807) is 13.0 Å². The molecule has 0 radical (unpaired) electrons. The highest BCUT2D eigenvalue weighted by atomic mass is 16.3. The smallest absolute Gasteiger partial charge is 0.114 e. The quantitative estimate of drug-likeness (QED) is 0.604. The third-order valence-corrected chi connectivity index (χ3v) is 2.29. The van der Waals surface area contributed by atoms with Gasteiger partial charge in [-0.15, -0.1) is 0 Å². The molecule has 74 valence electrons. The number of hydrogen-bond donors (Lipinski definition) is 2. The molecule has 1 rings (SSSR count). The van der Waals surface area contributed by atoms with E-state index in [4.69, 9.17) is 0 Å². The lowest BCUT2D eigenvalue weighted by atomic mass is 9.77. The maximum Gasteiger partial charge on any atom is 0.114 e. The third-order valence-electron chi connectivity index (χ3n) is 2.29. The van der Waals surface area contributed by atoms with E-state index in [1.807, 2.05) is 0 Å². The Morgan fingerprint density at radius 3 is 2.31 bits per heavy atom. The Bertz CT molecular complexity index is 264. The van der Waals surface area contributed by atoms with Gasteiger partial charge in [0.1, 0.15) is 5.76 Å². The van der Waals surface area contributed by atoms with E-state index in [-0.39, 0.29) is 11.2 Å². The SMILES string of the molecule is CC1(O)C=C(O)C=C(C(C)(C)C)C1. The van der Waals surface area contributed by atoms with Crippen LogP contribution < -0.4 is 0 Å². The predicted molar refractivity (Wildman–Crippen MR) is 53.5 cm³/mol. The molecule has 0 bridgehead atoms. The molecule has 0 saturated carbocycles. The van der Waals surface area contributed by atoms with Crippen molar-refractivity contribution in [2.24, 2.45) is 5.41 Å². The zero-order valence-corrected chi connectivity index (χ0v) is 8.76. The van der Waals surface area contributed by atoms with Gasteiger partial charge in [0.15, 0.2) is 0 Å². The number of rotatable bonds is 0. The Morgan fingerprint density at radius 1 is 1.38 bits per heavy atom. The van der Waals surface area contributed by atoms with Gasteiger partial charge in [-0.1, -0.05) is 26.3 Å². The monoisotopic (exact) mass is 182 g/mol. The predicted octanol–water partition coefficient (Wildman–Crippen LogP) is 2.56. The van der Waals surface area contributed by atoms with Crippen molar-refractivity contribution in [3.63, 3.8) is 0 Å². The molecule has 0 heterocycles. The van der Waals surface area contributed by atoms with Crippen molar-refractivity contribution in [3.05, 3.63) is 23.5 Å². The summed E-state index contributed by atoms with van der Waals surface area (Å²) < 4.78 is 0. The van der Waals surface area contributed by atoms with Crippen LogP contribution in [0, 0.1) is 5.41 Å². The van der Waals surface area contributed by atoms with Gasteiger partial charge >= 0.3 is 0 Å². The Hall–Kier alpha value is -0.760. The Morgan fingerprint density at radius 2 is 1.92 bits per heavy atom. The lowest BCUT2D eigenvalue weighted by molar-refractivity contribution is 0.0996. The van der Waals surface area contributed by atoms with Crippen LogP contribution in [0.15, 0.2) is 23.5 Å². The van der Waals surface area contributed by atoms with Crippen LogP contribution >= 0.6 is 0 Å². The van der Waals surface area contributed by atoms with Crippen molar-refractivity contribution in [1.29, 1.82) is 0 Å². The van der Waals surface area contributed by atoms with Gasteiger partial charge in [-0.05, 0) is 24.5 Å². The van der Waals surface area contributed by atoms with Gasteiger partial charge in [0, 0.05) is 6.42 Å². The Balaban J connectivity index is 2.99. The van der Waals surface area contributed by atoms with E-state index in [1.165, 1.54) is 6.08 Å². The molecule has 13 heavy (non-hydrogen) atoms. The number of hydrogen-bond acceptors (Lipinski definition) is 2. The molecule has 0 saturated heterocycles. The molecule has 2 nitrogen and oxygen atoms in total. The second kappa shape index (κ2) is 2.88. The zero-order chi connectivity index (χ0) is 10.3. The second-order valence-corrected chi connectivity index (χ2v) is 5.02. The van der Waals surface area contributed by atoms with Crippen LogP contribution in [-0.2, 0) is 0 Å². The summed E-state index contributed by atoms with van der Waals surface area (Å²) >= 11 is 0. The van der Waals surface area contributed by atoms with Crippen LogP contribution in [0.5, 0.6) is 0 Å². The summed E-state index contributed by atoms with van der Waals surface area (Å²) in [6.07, 6.45) is 3.83. The Labute approximate surface area is 79.6 Å². The van der Waals surface area contributed by atoms with E-state index >= 15 is 0 Å². The van der Waals surface area contributed by atoms with Crippen molar-refractivity contribution in [1.82, 2.24) is 0 Å². The highest BCUT2D eigenvalue weighted by molar-refractivity contribution is 5.31. The van der Waals surface area contributed by atoms with Gasteiger partial charge in [-0.3, -0.25) is 0 Å². The van der Waals surface area contributed by atoms with Crippen LogP contribution in [0.2, 0.25) is 0 Å². The Kier molecular flexibility index (Phi) is 2.28. The lowest BCUT2D eigenvalue weighted by Crippen LogP contribution is -2.28. The minimum absolute atomic E-state index is 0.00618. The first-order chi connectivity index (χ1) is 5.71. The standard InChI is InChI=1S/C11H18O2/c1-10(2,3)8-5-9(12)7-11(4,13)6-8/h5,7,12-13H,6H2,1-4H3. The minimum Gasteiger partial charge on any atom is -0.508 e. The molecule has 0 spiro atoms. The first kappa shape index (κ1) is 10.3. The molecule has 0 aromatic carbocycles. The molecule has 0 fully saturated rings. The highest BCUT2D eigenvalue weighted by Crippen LogP contribution is 2.36. The van der Waals surface area contributed by atoms with Crippen LogP contribution in [0.25, 0.3) is 0 Å². The van der Waals surface area contributed by atoms with Gasteiger partial charge in [0.2, 0.25) is 0 Å². The molecule has 1 atom stereocenters. The summed E-state index contributed by atoms with van der Waals surface area (Å²) in [5, 5.41) is 19.2. The molecule has 1 aliphatic carbocycles. The van der Waals surface area contributed by atoms with E-state index in [9.17, 15) is 10.2 Å². The molecular weight excluding hydrogens is 164 g/mol. The molecule has 1 aliphatic rings. The second-order valence-electron chi connectivity index (χ2n) is 5.02. The normalized spacial score (nSPS) is 29.6. The molecule has 0 aliphatic heterocycles. The fourth-order valence-electron chi connectivity index (χ4n) is 1.51. The van der Waals surface area contributed by atoms with Crippen LogP contribution in [0.1, 0.15) is 34.1 Å². The molecule has 0 aromatic heterocycles. The largest absolute Gasteiger partial charge is 0.508 e. The fraction of sp³-hybridized carbons (Fsp3) is 0.636. The van der Waals surface area contributed by atoms with E-state index in [2.05, 4.69) is 20.8 Å². The lowest BCUT2D eigenvalue weighted by Gasteiger charge is -2.32. The van der Waals surface area contributed by atoms with Crippen LogP contribution in [0.3, 0.4) is 0 Å². The first-order valence-corrected chi connectivity index (χ1v) is 4.56. The summed E-state index contributed by atoms with van der Waals surface area (Å²) in [5.74, 6) is 0.168. The fourth-order valence-corrected chi connectivity index (χ4v) is 1.51. The number of allylic oxidation sites excluding steroid dienone is 1. The van der Waals surface area contributed by atoms with E-state index in [0.29, 0.717) is 6.42 Å². The summed E-state index contributed by atoms with van der Waals surface area (Å²) in [4.78, 5) is 0. The number of aliphatic hydroxyl groups excluding tert-OH is 1. The van der Waals surface area contributed by atoms with Gasteiger partial charge in [0.25, 0.3) is 0 Å².